The molecule has 3 rings (SSSR count). The minimum Gasteiger partial charge on any atom is -0.491 e. The summed E-state index contributed by atoms with van der Waals surface area (Å²) in [6.45, 7) is 4.17. The molecule has 26 heavy (non-hydrogen) atoms. The molecule has 1 aliphatic heterocycles. The van der Waals surface area contributed by atoms with Gasteiger partial charge in [-0.05, 0) is 31.4 Å². The summed E-state index contributed by atoms with van der Waals surface area (Å²) in [6, 6.07) is 7.76. The number of aliphatic carboxylic acids is 1. The second-order valence-corrected chi connectivity index (χ2v) is 6.75. The minimum absolute atomic E-state index is 0.0253. The zero-order valence-electron chi connectivity index (χ0n) is 15.0. The topological polar surface area (TPSA) is 87.8 Å². The van der Waals surface area contributed by atoms with Crippen molar-refractivity contribution in [3.63, 3.8) is 0 Å². The molecule has 1 aliphatic rings. The van der Waals surface area contributed by atoms with Crippen molar-refractivity contribution in [1.82, 2.24) is 14.7 Å². The highest BCUT2D eigenvalue weighted by molar-refractivity contribution is 5.76. The first kappa shape index (κ1) is 18.4. The highest BCUT2D eigenvalue weighted by Gasteiger charge is 2.44. The second-order valence-electron chi connectivity index (χ2n) is 6.75. The molecule has 2 heterocycles. The van der Waals surface area contributed by atoms with Crippen LogP contribution in [-0.2, 0) is 16.9 Å². The number of carbonyl (C=O) groups is 1. The molecule has 2 N–H and O–H groups in total. The summed E-state index contributed by atoms with van der Waals surface area (Å²) in [5.74, 6) is -0.0637. The van der Waals surface area contributed by atoms with Crippen molar-refractivity contribution in [2.75, 3.05) is 26.3 Å². The molecule has 7 nitrogen and oxygen atoms in total. The number of carboxylic acids is 1. The molecule has 1 aromatic heterocycles. The molecule has 2 aromatic rings. The van der Waals surface area contributed by atoms with E-state index in [1.807, 2.05) is 37.4 Å². The Morgan fingerprint density at radius 3 is 2.65 bits per heavy atom. The number of aliphatic hydroxyl groups is 1. The van der Waals surface area contributed by atoms with Gasteiger partial charge in [-0.3, -0.25) is 9.58 Å². The number of para-hydroxylation sites is 1. The lowest BCUT2D eigenvalue weighted by atomic mass is 9.87. The molecule has 0 atom stereocenters. The summed E-state index contributed by atoms with van der Waals surface area (Å²) in [7, 11) is 0. The predicted octanol–water partition coefficient (Wildman–Crippen LogP) is 1.64. The average Bonchev–Trinajstić information content (AvgIpc) is 3.08. The van der Waals surface area contributed by atoms with Crippen LogP contribution in [-0.4, -0.2) is 57.2 Å². The van der Waals surface area contributed by atoms with Crippen LogP contribution < -0.4 is 4.74 Å². The first-order chi connectivity index (χ1) is 12.5. The predicted molar refractivity (Wildman–Crippen MR) is 96.1 cm³/mol. The normalized spacial score (nSPS) is 17.2. The summed E-state index contributed by atoms with van der Waals surface area (Å²) in [6.07, 6.45) is 4.51. The number of carboxylic acid groups (broad SMARTS) is 1. The fourth-order valence-electron chi connectivity index (χ4n) is 3.44. The fourth-order valence-corrected chi connectivity index (χ4v) is 3.44. The molecule has 1 saturated heterocycles. The van der Waals surface area contributed by atoms with Crippen LogP contribution in [0.5, 0.6) is 5.75 Å². The first-order valence-electron chi connectivity index (χ1n) is 8.84. The Balaban J connectivity index is 1.69. The summed E-state index contributed by atoms with van der Waals surface area (Å²) in [4.78, 5) is 14.2. The number of ether oxygens (including phenoxy) is 1. The zero-order chi connectivity index (χ0) is 18.6. The van der Waals surface area contributed by atoms with Crippen molar-refractivity contribution in [2.24, 2.45) is 0 Å². The van der Waals surface area contributed by atoms with E-state index in [4.69, 9.17) is 9.84 Å². The van der Waals surface area contributed by atoms with Crippen molar-refractivity contribution in [3.8, 4) is 5.75 Å². The van der Waals surface area contributed by atoms with Crippen LogP contribution in [0.15, 0.2) is 36.7 Å². The number of piperidine rings is 1. The largest absolute Gasteiger partial charge is 0.491 e. The number of rotatable bonds is 7. The number of hydrogen-bond donors (Lipinski definition) is 2. The number of nitrogens with zero attached hydrogens (tertiary/aromatic N) is 3. The van der Waals surface area contributed by atoms with Gasteiger partial charge >= 0.3 is 5.97 Å². The smallest absolute Gasteiger partial charge is 0.331 e. The van der Waals surface area contributed by atoms with Crippen molar-refractivity contribution in [1.29, 1.82) is 0 Å². The van der Waals surface area contributed by atoms with E-state index >= 15 is 0 Å². The van der Waals surface area contributed by atoms with Crippen LogP contribution in [0.1, 0.15) is 24.0 Å². The maximum absolute atomic E-state index is 12.0. The van der Waals surface area contributed by atoms with E-state index in [0.717, 1.165) is 16.9 Å². The third-order valence-corrected chi connectivity index (χ3v) is 4.95. The van der Waals surface area contributed by atoms with Crippen molar-refractivity contribution in [3.05, 3.63) is 47.8 Å². The van der Waals surface area contributed by atoms with Gasteiger partial charge in [0.1, 0.15) is 12.4 Å². The molecular formula is C19H25N3O4. The van der Waals surface area contributed by atoms with Gasteiger partial charge in [0.2, 0.25) is 0 Å². The third kappa shape index (κ3) is 3.73. The third-order valence-electron chi connectivity index (χ3n) is 4.95. The molecule has 0 saturated carbocycles. The van der Waals surface area contributed by atoms with Crippen molar-refractivity contribution >= 4 is 5.97 Å². The molecule has 0 bridgehead atoms. The van der Waals surface area contributed by atoms with Gasteiger partial charge in [-0.2, -0.15) is 5.10 Å². The lowest BCUT2D eigenvalue weighted by Crippen LogP contribution is -2.51. The standard InChI is InChI=1S/C19H25N3O4/c1-15-12-20-22(13-15)19(18(24)25)6-8-21(9-7-19)14-16-4-2-3-5-17(16)26-11-10-23/h2-5,12-13,23H,6-11,14H2,1H3,(H,24,25). The number of aryl methyl sites for hydroxylation is 1. The van der Waals surface area contributed by atoms with Crippen LogP contribution >= 0.6 is 0 Å². The fraction of sp³-hybridized carbons (Fsp3) is 0.474. The molecular weight excluding hydrogens is 334 g/mol. The number of hydrogen-bond acceptors (Lipinski definition) is 5. The lowest BCUT2D eigenvalue weighted by Gasteiger charge is -2.39. The summed E-state index contributed by atoms with van der Waals surface area (Å²) in [5.41, 5.74) is 1.03. The Morgan fingerprint density at radius 1 is 1.31 bits per heavy atom. The molecule has 1 aromatic carbocycles. The monoisotopic (exact) mass is 359 g/mol. The number of aliphatic hydroxyl groups excluding tert-OH is 1. The van der Waals surface area contributed by atoms with E-state index in [2.05, 4.69) is 10.00 Å². The maximum atomic E-state index is 12.0. The lowest BCUT2D eigenvalue weighted by molar-refractivity contribution is -0.151. The summed E-state index contributed by atoms with van der Waals surface area (Å²) < 4.78 is 7.21. The Labute approximate surface area is 152 Å². The Morgan fingerprint density at radius 2 is 2.04 bits per heavy atom. The molecule has 1 fully saturated rings. The second kappa shape index (κ2) is 7.88. The Hall–Kier alpha value is -2.38. The van der Waals surface area contributed by atoms with Gasteiger partial charge in [-0.1, -0.05) is 18.2 Å². The number of benzene rings is 1. The van der Waals surface area contributed by atoms with E-state index in [9.17, 15) is 9.90 Å². The zero-order valence-corrected chi connectivity index (χ0v) is 15.0. The molecule has 7 heteroatoms. The average molecular weight is 359 g/mol. The highest BCUT2D eigenvalue weighted by atomic mass is 16.5. The number of likely N-dealkylation sites (tertiary alicyclic amines) is 1. The van der Waals surface area contributed by atoms with E-state index in [1.165, 1.54) is 0 Å². The van der Waals surface area contributed by atoms with E-state index in [0.29, 0.717) is 32.5 Å². The molecule has 0 spiro atoms. The van der Waals surface area contributed by atoms with E-state index < -0.39 is 11.5 Å². The van der Waals surface area contributed by atoms with Gasteiger partial charge in [0.25, 0.3) is 0 Å². The molecule has 0 amide bonds. The summed E-state index contributed by atoms with van der Waals surface area (Å²) >= 11 is 0. The number of aromatic nitrogens is 2. The van der Waals surface area contributed by atoms with Gasteiger partial charge in [0.05, 0.1) is 12.8 Å². The van der Waals surface area contributed by atoms with Crippen LogP contribution in [0, 0.1) is 6.92 Å². The van der Waals surface area contributed by atoms with Crippen LogP contribution in [0.3, 0.4) is 0 Å². The Kier molecular flexibility index (Phi) is 5.58. The maximum Gasteiger partial charge on any atom is 0.331 e. The van der Waals surface area contributed by atoms with Crippen LogP contribution in [0.4, 0.5) is 0 Å². The van der Waals surface area contributed by atoms with Crippen molar-refractivity contribution in [2.45, 2.75) is 31.8 Å². The quantitative estimate of drug-likeness (QED) is 0.781. The summed E-state index contributed by atoms with van der Waals surface area (Å²) in [5, 5.41) is 23.1. The van der Waals surface area contributed by atoms with Gasteiger partial charge in [0, 0.05) is 31.4 Å². The van der Waals surface area contributed by atoms with Crippen LogP contribution in [0.2, 0.25) is 0 Å². The minimum atomic E-state index is -0.975. The molecule has 0 radical (unpaired) electrons. The van der Waals surface area contributed by atoms with Gasteiger partial charge < -0.3 is 14.9 Å². The van der Waals surface area contributed by atoms with E-state index in [1.54, 1.807) is 10.9 Å². The highest BCUT2D eigenvalue weighted by Crippen LogP contribution is 2.32. The molecule has 140 valence electrons. The molecule has 0 aliphatic carbocycles. The van der Waals surface area contributed by atoms with Crippen molar-refractivity contribution < 1.29 is 19.7 Å². The van der Waals surface area contributed by atoms with Gasteiger partial charge in [-0.25, -0.2) is 4.79 Å². The molecule has 0 unspecified atom stereocenters. The van der Waals surface area contributed by atoms with E-state index in [-0.39, 0.29) is 13.2 Å². The van der Waals surface area contributed by atoms with Gasteiger partial charge in [0.15, 0.2) is 5.54 Å². The Bertz CT molecular complexity index is 751. The first-order valence-corrected chi connectivity index (χ1v) is 8.84. The van der Waals surface area contributed by atoms with Gasteiger partial charge in [-0.15, -0.1) is 0 Å². The van der Waals surface area contributed by atoms with Crippen LogP contribution in [0.25, 0.3) is 0 Å². The SMILES string of the molecule is Cc1cnn(C2(C(=O)O)CCN(Cc3ccccc3OCCO)CC2)c1.